The highest BCUT2D eigenvalue weighted by molar-refractivity contribution is 14.1. The quantitative estimate of drug-likeness (QED) is 0.436. The first-order valence-electron chi connectivity index (χ1n) is 5.94. The number of halogens is 3. The number of alkyl halides is 3. The van der Waals surface area contributed by atoms with E-state index in [-0.39, 0.29) is 10.0 Å². The summed E-state index contributed by atoms with van der Waals surface area (Å²) in [7, 11) is 0. The number of hydrogen-bond acceptors (Lipinski definition) is 4. The monoisotopic (exact) mass is 414 g/mol. The molecule has 0 radical (unpaired) electrons. The van der Waals surface area contributed by atoms with E-state index in [2.05, 4.69) is 6.58 Å². The van der Waals surface area contributed by atoms with Gasteiger partial charge in [0, 0.05) is 12.3 Å². The van der Waals surface area contributed by atoms with Crippen LogP contribution in [0.3, 0.4) is 0 Å². The standard InChI is InChI=1S/C12H13F2IN2O4/c1-6(2)12(14)8(19)11(13,5-15)21-9(12)17-4-3-7(18)16-10(17)20/h3-4,8-9,19H,1,5H2,2H3,(H,16,18,20)/t8-,9-,11-,12-/m1/s1. The Bertz CT molecular complexity index is 690. The van der Waals surface area contributed by atoms with Crippen molar-refractivity contribution in [3.8, 4) is 0 Å². The van der Waals surface area contributed by atoms with Crippen LogP contribution in [0.5, 0.6) is 0 Å². The van der Waals surface area contributed by atoms with Gasteiger partial charge in [0.15, 0.2) is 12.3 Å². The molecule has 6 nitrogen and oxygen atoms in total. The summed E-state index contributed by atoms with van der Waals surface area (Å²) < 4.78 is 35.0. The zero-order valence-corrected chi connectivity index (χ0v) is 13.1. The number of aliphatic hydroxyl groups is 1. The van der Waals surface area contributed by atoms with E-state index in [0.29, 0.717) is 4.57 Å². The Kier molecular flexibility index (Phi) is 4.10. The maximum Gasteiger partial charge on any atom is 0.330 e. The van der Waals surface area contributed by atoms with E-state index in [1.54, 1.807) is 22.6 Å². The molecule has 1 aliphatic rings. The molecule has 1 aromatic heterocycles. The number of aromatic amines is 1. The minimum atomic E-state index is -2.71. The lowest BCUT2D eigenvalue weighted by atomic mass is 9.89. The number of aromatic nitrogens is 2. The first-order valence-corrected chi connectivity index (χ1v) is 7.46. The highest BCUT2D eigenvalue weighted by Crippen LogP contribution is 2.51. The average molecular weight is 414 g/mol. The van der Waals surface area contributed by atoms with E-state index in [4.69, 9.17) is 4.74 Å². The molecule has 0 aromatic carbocycles. The SMILES string of the molecule is C=C(C)[C@]1(F)[C@H](n2ccc(=O)[nH]c2=O)O[C@](F)(CI)[C@H]1O. The van der Waals surface area contributed by atoms with Crippen LogP contribution in [0.25, 0.3) is 0 Å². The van der Waals surface area contributed by atoms with E-state index >= 15 is 4.39 Å². The lowest BCUT2D eigenvalue weighted by molar-refractivity contribution is -0.169. The van der Waals surface area contributed by atoms with Crippen LogP contribution in [0.15, 0.2) is 34.0 Å². The van der Waals surface area contributed by atoms with Crippen LogP contribution in [0.2, 0.25) is 0 Å². The molecule has 21 heavy (non-hydrogen) atoms. The van der Waals surface area contributed by atoms with Crippen molar-refractivity contribution in [1.82, 2.24) is 9.55 Å². The first kappa shape index (κ1) is 16.3. The van der Waals surface area contributed by atoms with Gasteiger partial charge in [-0.3, -0.25) is 14.3 Å². The second-order valence-corrected chi connectivity index (χ2v) is 5.62. The van der Waals surface area contributed by atoms with Gasteiger partial charge >= 0.3 is 5.69 Å². The fourth-order valence-electron chi connectivity index (χ4n) is 2.20. The normalized spacial score (nSPS) is 35.9. The zero-order valence-electron chi connectivity index (χ0n) is 11.0. The van der Waals surface area contributed by atoms with Gasteiger partial charge < -0.3 is 9.84 Å². The molecule has 116 valence electrons. The Morgan fingerprint density at radius 2 is 2.24 bits per heavy atom. The predicted octanol–water partition coefficient (Wildman–Crippen LogP) is 0.811. The Hall–Kier alpha value is -1.07. The molecule has 2 N–H and O–H groups in total. The lowest BCUT2D eigenvalue weighted by Gasteiger charge is -2.29. The summed E-state index contributed by atoms with van der Waals surface area (Å²) in [6, 6.07) is 0.971. The van der Waals surface area contributed by atoms with Crippen LogP contribution in [-0.4, -0.2) is 36.7 Å². The largest absolute Gasteiger partial charge is 0.383 e. The third-order valence-corrected chi connectivity index (χ3v) is 4.45. The van der Waals surface area contributed by atoms with E-state index in [9.17, 15) is 19.1 Å². The summed E-state index contributed by atoms with van der Waals surface area (Å²) in [4.78, 5) is 24.7. The number of nitrogens with one attached hydrogen (secondary N) is 1. The summed E-state index contributed by atoms with van der Waals surface area (Å²) in [5.74, 6) is -2.67. The van der Waals surface area contributed by atoms with E-state index in [0.717, 1.165) is 12.3 Å². The molecular weight excluding hydrogens is 401 g/mol. The minimum Gasteiger partial charge on any atom is -0.383 e. The van der Waals surface area contributed by atoms with Crippen LogP contribution < -0.4 is 11.2 Å². The highest BCUT2D eigenvalue weighted by Gasteiger charge is 2.66. The van der Waals surface area contributed by atoms with Crippen LogP contribution in [0.4, 0.5) is 8.78 Å². The fourth-order valence-corrected chi connectivity index (χ4v) is 2.80. The molecule has 1 aliphatic heterocycles. The van der Waals surface area contributed by atoms with E-state index in [1.165, 1.54) is 6.92 Å². The number of H-pyrrole nitrogens is 1. The molecule has 1 fully saturated rings. The Morgan fingerprint density at radius 1 is 1.62 bits per heavy atom. The average Bonchev–Trinajstić information content (AvgIpc) is 2.62. The molecule has 0 spiro atoms. The molecule has 0 aliphatic carbocycles. The number of nitrogens with zero attached hydrogens (tertiary/aromatic N) is 1. The molecule has 1 aromatic rings. The molecule has 0 bridgehead atoms. The second-order valence-electron chi connectivity index (χ2n) is 4.86. The number of rotatable bonds is 3. The summed E-state index contributed by atoms with van der Waals surface area (Å²) in [6.07, 6.45) is -2.94. The molecule has 0 unspecified atom stereocenters. The Labute approximate surface area is 131 Å². The van der Waals surface area contributed by atoms with Gasteiger partial charge in [-0.25, -0.2) is 13.6 Å². The van der Waals surface area contributed by atoms with Gasteiger partial charge in [0.05, 0.1) is 4.43 Å². The van der Waals surface area contributed by atoms with Gasteiger partial charge in [-0.15, -0.1) is 0 Å². The molecule has 4 atom stereocenters. The van der Waals surface area contributed by atoms with Crippen molar-refractivity contribution in [3.05, 3.63) is 45.3 Å². The van der Waals surface area contributed by atoms with Gasteiger partial charge in [-0.2, -0.15) is 0 Å². The minimum absolute atomic E-state index is 0.192. The molecular formula is C12H13F2IN2O4. The molecule has 0 amide bonds. The van der Waals surface area contributed by atoms with Crippen LogP contribution in [-0.2, 0) is 4.74 Å². The summed E-state index contributed by atoms with van der Waals surface area (Å²) in [6.45, 7) is 4.67. The predicted molar refractivity (Wildman–Crippen MR) is 78.8 cm³/mol. The van der Waals surface area contributed by atoms with Crippen molar-refractivity contribution < 1.29 is 18.6 Å². The Morgan fingerprint density at radius 3 is 2.71 bits per heavy atom. The number of ether oxygens (including phenoxy) is 1. The van der Waals surface area contributed by atoms with Gasteiger partial charge in [0.2, 0.25) is 11.5 Å². The third kappa shape index (κ3) is 2.36. The molecule has 1 saturated heterocycles. The topological polar surface area (TPSA) is 84.3 Å². The van der Waals surface area contributed by atoms with E-state index < -0.39 is 35.1 Å². The zero-order chi connectivity index (χ0) is 16.0. The molecule has 2 rings (SSSR count). The maximum absolute atomic E-state index is 15.2. The molecule has 9 heteroatoms. The lowest BCUT2D eigenvalue weighted by Crippen LogP contribution is -2.48. The van der Waals surface area contributed by atoms with Gasteiger partial charge in [-0.05, 0) is 12.5 Å². The molecule has 0 saturated carbocycles. The third-order valence-electron chi connectivity index (χ3n) is 3.41. The van der Waals surface area contributed by atoms with Crippen LogP contribution in [0, 0.1) is 0 Å². The summed E-state index contributed by atoms with van der Waals surface area (Å²) >= 11 is 1.60. The maximum atomic E-state index is 15.2. The van der Waals surface area contributed by atoms with Crippen molar-refractivity contribution in [1.29, 1.82) is 0 Å². The van der Waals surface area contributed by atoms with Gasteiger partial charge in [-0.1, -0.05) is 29.2 Å². The van der Waals surface area contributed by atoms with Crippen LogP contribution in [0.1, 0.15) is 13.2 Å². The van der Waals surface area contributed by atoms with Crippen molar-refractivity contribution in [2.75, 3.05) is 4.43 Å². The van der Waals surface area contributed by atoms with Gasteiger partial charge in [0.25, 0.3) is 5.56 Å². The van der Waals surface area contributed by atoms with Crippen molar-refractivity contribution in [3.63, 3.8) is 0 Å². The number of hydrogen-bond donors (Lipinski definition) is 2. The fraction of sp³-hybridized carbons (Fsp3) is 0.500. The van der Waals surface area contributed by atoms with E-state index in [1.807, 2.05) is 4.98 Å². The second kappa shape index (κ2) is 5.29. The highest BCUT2D eigenvalue weighted by atomic mass is 127. The Balaban J connectivity index is 2.63. The molecule has 2 heterocycles. The number of aliphatic hydroxyl groups excluding tert-OH is 1. The van der Waals surface area contributed by atoms with Crippen LogP contribution >= 0.6 is 22.6 Å². The van der Waals surface area contributed by atoms with Crippen molar-refractivity contribution >= 4 is 22.6 Å². The summed E-state index contributed by atoms with van der Waals surface area (Å²) in [5.41, 5.74) is -4.56. The van der Waals surface area contributed by atoms with Crippen molar-refractivity contribution in [2.45, 2.75) is 30.8 Å². The van der Waals surface area contributed by atoms with Gasteiger partial charge in [0.1, 0.15) is 0 Å². The van der Waals surface area contributed by atoms with Crippen molar-refractivity contribution in [2.24, 2.45) is 0 Å². The smallest absolute Gasteiger partial charge is 0.330 e. The first-order chi connectivity index (χ1) is 9.66. The summed E-state index contributed by atoms with van der Waals surface area (Å²) in [5, 5.41) is 9.99.